The van der Waals surface area contributed by atoms with Crippen molar-refractivity contribution >= 4 is 11.6 Å². The first-order chi connectivity index (χ1) is 9.19. The lowest BCUT2D eigenvalue weighted by Gasteiger charge is -2.16. The summed E-state index contributed by atoms with van der Waals surface area (Å²) in [4.78, 5) is 0. The molecule has 0 aliphatic carbocycles. The van der Waals surface area contributed by atoms with E-state index in [-0.39, 0.29) is 0 Å². The third-order valence-electron chi connectivity index (χ3n) is 3.08. The summed E-state index contributed by atoms with van der Waals surface area (Å²) in [6, 6.07) is 5.95. The van der Waals surface area contributed by atoms with Crippen molar-refractivity contribution in [1.29, 1.82) is 0 Å². The molecule has 0 saturated heterocycles. The first-order valence-electron chi connectivity index (χ1n) is 7.29. The molecule has 0 bridgehead atoms. The number of halogens is 1. The quantitative estimate of drug-likeness (QED) is 0.666. The van der Waals surface area contributed by atoms with Crippen LogP contribution >= 0.6 is 11.6 Å². The SMILES string of the molecule is CCCNCc1cccc(Cl)c1OCC(C)CCC. The summed E-state index contributed by atoms with van der Waals surface area (Å²) in [6.07, 6.45) is 3.51. The Morgan fingerprint density at radius 1 is 1.26 bits per heavy atom. The van der Waals surface area contributed by atoms with Gasteiger partial charge in [0.2, 0.25) is 0 Å². The number of hydrogen-bond acceptors (Lipinski definition) is 2. The molecule has 0 radical (unpaired) electrons. The minimum atomic E-state index is 0.567. The van der Waals surface area contributed by atoms with Gasteiger partial charge in [-0.15, -0.1) is 0 Å². The molecule has 1 aromatic rings. The number of hydrogen-bond donors (Lipinski definition) is 1. The summed E-state index contributed by atoms with van der Waals surface area (Å²) < 4.78 is 5.94. The van der Waals surface area contributed by atoms with Crippen LogP contribution in [-0.4, -0.2) is 13.2 Å². The van der Waals surface area contributed by atoms with Crippen LogP contribution in [-0.2, 0) is 6.54 Å². The van der Waals surface area contributed by atoms with Gasteiger partial charge in [-0.1, -0.05) is 50.9 Å². The highest BCUT2D eigenvalue weighted by Crippen LogP contribution is 2.29. The highest BCUT2D eigenvalue weighted by atomic mass is 35.5. The van der Waals surface area contributed by atoms with Crippen molar-refractivity contribution in [1.82, 2.24) is 5.32 Å². The maximum absolute atomic E-state index is 6.25. The topological polar surface area (TPSA) is 21.3 Å². The number of para-hydroxylation sites is 1. The zero-order valence-corrected chi connectivity index (χ0v) is 13.1. The van der Waals surface area contributed by atoms with Crippen molar-refractivity contribution in [2.75, 3.05) is 13.2 Å². The molecule has 0 spiro atoms. The first kappa shape index (κ1) is 16.3. The van der Waals surface area contributed by atoms with E-state index < -0.39 is 0 Å². The molecule has 0 aliphatic rings. The van der Waals surface area contributed by atoms with Crippen LogP contribution in [0.25, 0.3) is 0 Å². The summed E-state index contributed by atoms with van der Waals surface area (Å²) in [5.74, 6) is 1.41. The number of nitrogens with one attached hydrogen (secondary N) is 1. The van der Waals surface area contributed by atoms with Gasteiger partial charge in [0.05, 0.1) is 11.6 Å². The van der Waals surface area contributed by atoms with Gasteiger partial charge in [0.1, 0.15) is 5.75 Å². The Morgan fingerprint density at radius 3 is 2.74 bits per heavy atom. The van der Waals surface area contributed by atoms with E-state index in [0.29, 0.717) is 10.9 Å². The van der Waals surface area contributed by atoms with E-state index in [0.717, 1.165) is 37.4 Å². The summed E-state index contributed by atoms with van der Waals surface area (Å²) in [5.41, 5.74) is 1.14. The van der Waals surface area contributed by atoms with Gasteiger partial charge in [-0.25, -0.2) is 0 Å². The molecule has 0 heterocycles. The van der Waals surface area contributed by atoms with Gasteiger partial charge < -0.3 is 10.1 Å². The normalized spacial score (nSPS) is 12.4. The zero-order chi connectivity index (χ0) is 14.1. The van der Waals surface area contributed by atoms with Crippen LogP contribution in [0.2, 0.25) is 5.02 Å². The van der Waals surface area contributed by atoms with E-state index in [1.54, 1.807) is 0 Å². The fourth-order valence-corrected chi connectivity index (χ4v) is 2.30. The Balaban J connectivity index is 2.63. The maximum atomic E-state index is 6.25. The molecule has 1 aromatic carbocycles. The van der Waals surface area contributed by atoms with Gasteiger partial charge >= 0.3 is 0 Å². The van der Waals surface area contributed by atoms with Crippen LogP contribution < -0.4 is 10.1 Å². The molecule has 19 heavy (non-hydrogen) atoms. The molecule has 1 N–H and O–H groups in total. The monoisotopic (exact) mass is 283 g/mol. The van der Waals surface area contributed by atoms with E-state index in [1.807, 2.05) is 12.1 Å². The van der Waals surface area contributed by atoms with Crippen molar-refractivity contribution in [2.45, 2.75) is 46.6 Å². The van der Waals surface area contributed by atoms with Crippen LogP contribution in [0.5, 0.6) is 5.75 Å². The van der Waals surface area contributed by atoms with Crippen molar-refractivity contribution in [2.24, 2.45) is 5.92 Å². The highest BCUT2D eigenvalue weighted by Gasteiger charge is 2.10. The summed E-state index contributed by atoms with van der Waals surface area (Å²) >= 11 is 6.25. The Hall–Kier alpha value is -0.730. The second-order valence-electron chi connectivity index (χ2n) is 5.11. The van der Waals surface area contributed by atoms with Gasteiger partial charge in [0, 0.05) is 12.1 Å². The molecule has 1 unspecified atom stereocenters. The minimum Gasteiger partial charge on any atom is -0.491 e. The fraction of sp³-hybridized carbons (Fsp3) is 0.625. The first-order valence-corrected chi connectivity index (χ1v) is 7.67. The lowest BCUT2D eigenvalue weighted by atomic mass is 10.1. The molecule has 0 aromatic heterocycles. The zero-order valence-electron chi connectivity index (χ0n) is 12.3. The molecular formula is C16H26ClNO. The smallest absolute Gasteiger partial charge is 0.142 e. The molecule has 1 atom stereocenters. The second-order valence-corrected chi connectivity index (χ2v) is 5.52. The van der Waals surface area contributed by atoms with Crippen molar-refractivity contribution in [3.63, 3.8) is 0 Å². The molecule has 0 amide bonds. The third kappa shape index (κ3) is 5.84. The average Bonchev–Trinajstić information content (AvgIpc) is 2.38. The average molecular weight is 284 g/mol. The van der Waals surface area contributed by atoms with E-state index in [4.69, 9.17) is 16.3 Å². The summed E-state index contributed by atoms with van der Waals surface area (Å²) in [5, 5.41) is 4.10. The van der Waals surface area contributed by atoms with Crippen LogP contribution in [0, 0.1) is 5.92 Å². The van der Waals surface area contributed by atoms with E-state index in [1.165, 1.54) is 12.8 Å². The lowest BCUT2D eigenvalue weighted by Crippen LogP contribution is -2.16. The molecule has 0 saturated carbocycles. The van der Waals surface area contributed by atoms with E-state index in [2.05, 4.69) is 32.2 Å². The molecular weight excluding hydrogens is 258 g/mol. The van der Waals surface area contributed by atoms with Gasteiger partial charge in [-0.2, -0.15) is 0 Å². The van der Waals surface area contributed by atoms with Crippen molar-refractivity contribution in [3.8, 4) is 5.75 Å². The standard InChI is InChI=1S/C16H26ClNO/c1-4-7-13(3)12-19-16-14(11-18-10-5-2)8-6-9-15(16)17/h6,8-9,13,18H,4-5,7,10-12H2,1-3H3. The second kappa shape index (κ2) is 9.22. The predicted molar refractivity (Wildman–Crippen MR) is 83.0 cm³/mol. The molecule has 1 rings (SSSR count). The van der Waals surface area contributed by atoms with Crippen LogP contribution in [0.4, 0.5) is 0 Å². The Labute approximate surface area is 122 Å². The molecule has 3 heteroatoms. The van der Waals surface area contributed by atoms with Gasteiger partial charge in [0.25, 0.3) is 0 Å². The lowest BCUT2D eigenvalue weighted by molar-refractivity contribution is 0.249. The Bertz CT molecular complexity index is 368. The largest absolute Gasteiger partial charge is 0.491 e. The summed E-state index contributed by atoms with van der Waals surface area (Å²) in [6.45, 7) is 9.14. The Kier molecular flexibility index (Phi) is 7.92. The Morgan fingerprint density at radius 2 is 2.05 bits per heavy atom. The van der Waals surface area contributed by atoms with Crippen LogP contribution in [0.15, 0.2) is 18.2 Å². The van der Waals surface area contributed by atoms with Gasteiger partial charge in [-0.05, 0) is 31.4 Å². The van der Waals surface area contributed by atoms with Crippen molar-refractivity contribution in [3.05, 3.63) is 28.8 Å². The van der Waals surface area contributed by atoms with Crippen LogP contribution in [0.1, 0.15) is 45.6 Å². The molecule has 108 valence electrons. The fourth-order valence-electron chi connectivity index (χ4n) is 2.06. The highest BCUT2D eigenvalue weighted by molar-refractivity contribution is 6.32. The minimum absolute atomic E-state index is 0.567. The number of ether oxygens (including phenoxy) is 1. The predicted octanol–water partition coefficient (Wildman–Crippen LogP) is 4.65. The molecule has 0 fully saturated rings. The number of benzene rings is 1. The van der Waals surface area contributed by atoms with Gasteiger partial charge in [-0.3, -0.25) is 0 Å². The molecule has 0 aliphatic heterocycles. The van der Waals surface area contributed by atoms with E-state index in [9.17, 15) is 0 Å². The van der Waals surface area contributed by atoms with Gasteiger partial charge in [0.15, 0.2) is 0 Å². The third-order valence-corrected chi connectivity index (χ3v) is 3.38. The van der Waals surface area contributed by atoms with Crippen molar-refractivity contribution < 1.29 is 4.74 Å². The number of rotatable bonds is 9. The maximum Gasteiger partial charge on any atom is 0.142 e. The molecule has 2 nitrogen and oxygen atoms in total. The van der Waals surface area contributed by atoms with E-state index >= 15 is 0 Å². The summed E-state index contributed by atoms with van der Waals surface area (Å²) in [7, 11) is 0. The van der Waals surface area contributed by atoms with Crippen LogP contribution in [0.3, 0.4) is 0 Å².